The van der Waals surface area contributed by atoms with Gasteiger partial charge in [0.1, 0.15) is 5.01 Å². The normalized spacial score (nSPS) is 16.6. The Bertz CT molecular complexity index is 537. The molecule has 2 heterocycles. The fourth-order valence-electron chi connectivity index (χ4n) is 2.68. The van der Waals surface area contributed by atoms with E-state index in [0.717, 1.165) is 16.3 Å². The Morgan fingerprint density at radius 3 is 2.83 bits per heavy atom. The molecule has 0 aliphatic heterocycles. The minimum atomic E-state index is 0.532. The molecule has 1 aliphatic rings. The average molecular weight is 262 g/mol. The van der Waals surface area contributed by atoms with Crippen LogP contribution in [0.4, 0.5) is 0 Å². The van der Waals surface area contributed by atoms with Crippen molar-refractivity contribution in [2.45, 2.75) is 38.1 Å². The summed E-state index contributed by atoms with van der Waals surface area (Å²) in [7, 11) is 1.94. The zero-order valence-corrected chi connectivity index (χ0v) is 11.4. The van der Waals surface area contributed by atoms with Gasteiger partial charge in [-0.3, -0.25) is 4.68 Å². The number of rotatable bonds is 3. The predicted octanol–water partition coefficient (Wildman–Crippen LogP) is 2.66. The van der Waals surface area contributed by atoms with Gasteiger partial charge in [-0.05, 0) is 18.8 Å². The first-order valence-corrected chi connectivity index (χ1v) is 7.28. The standard InChI is InChI=1S/C13H18N4S/c1-17-8-10(7-15-17)12-13(9-4-2-3-5-9)18-11(6-14)16-12/h7-9H,2-6,14H2,1H3. The van der Waals surface area contributed by atoms with Crippen LogP contribution in [0.5, 0.6) is 0 Å². The van der Waals surface area contributed by atoms with Gasteiger partial charge < -0.3 is 5.73 Å². The van der Waals surface area contributed by atoms with Crippen LogP contribution in [0.15, 0.2) is 12.4 Å². The number of thiazole rings is 1. The molecular formula is C13H18N4S. The van der Waals surface area contributed by atoms with Crippen molar-refractivity contribution >= 4 is 11.3 Å². The van der Waals surface area contributed by atoms with Gasteiger partial charge >= 0.3 is 0 Å². The molecule has 0 radical (unpaired) electrons. The van der Waals surface area contributed by atoms with Gasteiger partial charge in [0.2, 0.25) is 0 Å². The van der Waals surface area contributed by atoms with Gasteiger partial charge in [0.05, 0.1) is 11.9 Å². The molecule has 4 nitrogen and oxygen atoms in total. The maximum Gasteiger partial charge on any atom is 0.107 e. The number of hydrogen-bond acceptors (Lipinski definition) is 4. The highest BCUT2D eigenvalue weighted by molar-refractivity contribution is 7.12. The number of nitrogens with zero attached hydrogens (tertiary/aromatic N) is 3. The molecule has 3 rings (SSSR count). The highest BCUT2D eigenvalue weighted by Gasteiger charge is 2.24. The highest BCUT2D eigenvalue weighted by atomic mass is 32.1. The lowest BCUT2D eigenvalue weighted by Crippen LogP contribution is -1.94. The van der Waals surface area contributed by atoms with Crippen LogP contribution in [0, 0.1) is 0 Å². The third-order valence-electron chi connectivity index (χ3n) is 3.58. The second-order valence-corrected chi connectivity index (χ2v) is 6.02. The van der Waals surface area contributed by atoms with Crippen LogP contribution in [0.3, 0.4) is 0 Å². The monoisotopic (exact) mass is 262 g/mol. The number of hydrogen-bond donors (Lipinski definition) is 1. The summed E-state index contributed by atoms with van der Waals surface area (Å²) in [6, 6.07) is 0. The molecule has 0 aromatic carbocycles. The first-order chi connectivity index (χ1) is 8.78. The van der Waals surface area contributed by atoms with Crippen molar-refractivity contribution < 1.29 is 0 Å². The zero-order valence-electron chi connectivity index (χ0n) is 10.6. The van der Waals surface area contributed by atoms with E-state index in [1.165, 1.54) is 30.6 Å². The summed E-state index contributed by atoms with van der Waals surface area (Å²) in [5, 5.41) is 5.28. The van der Waals surface area contributed by atoms with E-state index in [-0.39, 0.29) is 0 Å². The van der Waals surface area contributed by atoms with E-state index in [0.29, 0.717) is 12.5 Å². The average Bonchev–Trinajstić information content (AvgIpc) is 3.07. The molecule has 0 amide bonds. The molecule has 2 N–H and O–H groups in total. The number of nitrogens with two attached hydrogens (primary N) is 1. The fourth-order valence-corrected chi connectivity index (χ4v) is 3.82. The molecule has 96 valence electrons. The molecule has 0 atom stereocenters. The molecule has 2 aromatic rings. The SMILES string of the molecule is Cn1cc(-c2nc(CN)sc2C2CCCC2)cn1. The van der Waals surface area contributed by atoms with E-state index in [4.69, 9.17) is 10.7 Å². The number of aryl methyl sites for hydroxylation is 1. The molecular weight excluding hydrogens is 244 g/mol. The largest absolute Gasteiger partial charge is 0.325 e. The van der Waals surface area contributed by atoms with E-state index in [1.54, 1.807) is 11.3 Å². The van der Waals surface area contributed by atoms with Crippen LogP contribution in [0.1, 0.15) is 41.5 Å². The van der Waals surface area contributed by atoms with Crippen LogP contribution in [0.2, 0.25) is 0 Å². The van der Waals surface area contributed by atoms with E-state index >= 15 is 0 Å². The molecule has 0 unspecified atom stereocenters. The summed E-state index contributed by atoms with van der Waals surface area (Å²) in [5.74, 6) is 0.679. The van der Waals surface area contributed by atoms with Gasteiger partial charge in [-0.1, -0.05) is 12.8 Å². The summed E-state index contributed by atoms with van der Waals surface area (Å²) in [5.41, 5.74) is 7.97. The molecule has 1 saturated carbocycles. The first-order valence-electron chi connectivity index (χ1n) is 6.46. The molecule has 1 fully saturated rings. The zero-order chi connectivity index (χ0) is 12.5. The van der Waals surface area contributed by atoms with Crippen molar-refractivity contribution in [1.29, 1.82) is 0 Å². The van der Waals surface area contributed by atoms with Crippen molar-refractivity contribution in [2.24, 2.45) is 12.8 Å². The van der Waals surface area contributed by atoms with E-state index in [1.807, 2.05) is 24.1 Å². The van der Waals surface area contributed by atoms with Crippen LogP contribution in [0.25, 0.3) is 11.3 Å². The lowest BCUT2D eigenvalue weighted by atomic mass is 10.0. The van der Waals surface area contributed by atoms with Crippen molar-refractivity contribution in [3.05, 3.63) is 22.3 Å². The Labute approximate surface area is 111 Å². The maximum atomic E-state index is 5.74. The third kappa shape index (κ3) is 2.08. The van der Waals surface area contributed by atoms with Gasteiger partial charge in [-0.25, -0.2) is 4.98 Å². The van der Waals surface area contributed by atoms with Gasteiger partial charge in [-0.2, -0.15) is 5.10 Å². The Balaban J connectivity index is 2.03. The summed E-state index contributed by atoms with van der Waals surface area (Å²) in [6.45, 7) is 0.532. The van der Waals surface area contributed by atoms with Crippen LogP contribution < -0.4 is 5.73 Å². The van der Waals surface area contributed by atoms with Crippen LogP contribution in [-0.4, -0.2) is 14.8 Å². The Kier molecular flexibility index (Phi) is 3.18. The Morgan fingerprint density at radius 1 is 1.44 bits per heavy atom. The highest BCUT2D eigenvalue weighted by Crippen LogP contribution is 2.42. The van der Waals surface area contributed by atoms with E-state index < -0.39 is 0 Å². The topological polar surface area (TPSA) is 56.7 Å². The van der Waals surface area contributed by atoms with Crippen molar-refractivity contribution in [3.8, 4) is 11.3 Å². The summed E-state index contributed by atoms with van der Waals surface area (Å²) in [4.78, 5) is 6.11. The summed E-state index contributed by atoms with van der Waals surface area (Å²) >= 11 is 1.79. The van der Waals surface area contributed by atoms with Gasteiger partial charge in [0.25, 0.3) is 0 Å². The Morgan fingerprint density at radius 2 is 2.22 bits per heavy atom. The second-order valence-electron chi connectivity index (χ2n) is 4.91. The minimum Gasteiger partial charge on any atom is -0.325 e. The first kappa shape index (κ1) is 11.9. The van der Waals surface area contributed by atoms with Crippen molar-refractivity contribution in [3.63, 3.8) is 0 Å². The summed E-state index contributed by atoms with van der Waals surface area (Å²) in [6.07, 6.45) is 9.19. The van der Waals surface area contributed by atoms with Crippen molar-refractivity contribution in [1.82, 2.24) is 14.8 Å². The van der Waals surface area contributed by atoms with Crippen molar-refractivity contribution in [2.75, 3.05) is 0 Å². The van der Waals surface area contributed by atoms with Crippen LogP contribution in [-0.2, 0) is 13.6 Å². The molecule has 18 heavy (non-hydrogen) atoms. The lowest BCUT2D eigenvalue weighted by molar-refractivity contribution is 0.737. The fraction of sp³-hybridized carbons (Fsp3) is 0.538. The molecule has 5 heteroatoms. The van der Waals surface area contributed by atoms with E-state index in [9.17, 15) is 0 Å². The van der Waals surface area contributed by atoms with Gasteiger partial charge in [0, 0.05) is 30.2 Å². The molecule has 0 bridgehead atoms. The molecule has 1 aliphatic carbocycles. The minimum absolute atomic E-state index is 0.532. The summed E-state index contributed by atoms with van der Waals surface area (Å²) < 4.78 is 1.83. The van der Waals surface area contributed by atoms with E-state index in [2.05, 4.69) is 5.10 Å². The second kappa shape index (κ2) is 4.82. The van der Waals surface area contributed by atoms with Gasteiger partial charge in [0.15, 0.2) is 0 Å². The van der Waals surface area contributed by atoms with Crippen LogP contribution >= 0.6 is 11.3 Å². The van der Waals surface area contributed by atoms with Gasteiger partial charge in [-0.15, -0.1) is 11.3 Å². The maximum absolute atomic E-state index is 5.74. The number of aromatic nitrogens is 3. The molecule has 0 saturated heterocycles. The lowest BCUT2D eigenvalue weighted by Gasteiger charge is -2.07. The molecule has 0 spiro atoms. The smallest absolute Gasteiger partial charge is 0.107 e. The quantitative estimate of drug-likeness (QED) is 0.925. The Hall–Kier alpha value is -1.20. The predicted molar refractivity (Wildman–Crippen MR) is 73.4 cm³/mol. The molecule has 2 aromatic heterocycles. The third-order valence-corrected chi connectivity index (χ3v) is 4.82.